The van der Waals surface area contributed by atoms with Crippen molar-refractivity contribution in [1.29, 1.82) is 10.5 Å². The Morgan fingerprint density at radius 3 is 1.95 bits per heavy atom. The van der Waals surface area contributed by atoms with E-state index in [2.05, 4.69) is 21.2 Å². The summed E-state index contributed by atoms with van der Waals surface area (Å²) in [6.07, 6.45) is 0.356. The van der Waals surface area contributed by atoms with Crippen molar-refractivity contribution in [2.75, 3.05) is 0 Å². The molecule has 104 valence electrons. The highest BCUT2D eigenvalue weighted by atomic mass is 79.9. The third-order valence-corrected chi connectivity index (χ3v) is 5.42. The summed E-state index contributed by atoms with van der Waals surface area (Å²) < 4.78 is 0.844. The minimum Gasteiger partial charge on any atom is -0.293 e. The van der Waals surface area contributed by atoms with Crippen LogP contribution in [-0.4, -0.2) is 11.8 Å². The van der Waals surface area contributed by atoms with Gasteiger partial charge in [0.1, 0.15) is 0 Å². The lowest BCUT2D eigenvalue weighted by Gasteiger charge is -2.22. The number of rotatable bonds is 2. The summed E-state index contributed by atoms with van der Waals surface area (Å²) in [5, 5.41) is 21.4. The largest absolute Gasteiger partial charge is 0.293 e. The van der Waals surface area contributed by atoms with Crippen molar-refractivity contribution in [2.45, 2.75) is 18.8 Å². The highest BCUT2D eigenvalue weighted by Crippen LogP contribution is 2.81. The molecule has 2 aliphatic rings. The normalized spacial score (nSPS) is 36.4. The predicted octanol–water partition coefficient (Wildman–Crippen LogP) is 1.79. The van der Waals surface area contributed by atoms with Crippen LogP contribution < -0.4 is 5.32 Å². The fraction of sp³-hybridized carbons (Fsp3) is 0.333. The minimum atomic E-state index is -1.63. The number of nitrogens with one attached hydrogen (secondary N) is 1. The lowest BCUT2D eigenvalue weighted by Crippen LogP contribution is -2.39. The third-order valence-electron chi connectivity index (χ3n) is 4.89. The first-order valence-corrected chi connectivity index (χ1v) is 7.22. The van der Waals surface area contributed by atoms with Gasteiger partial charge in [0.25, 0.3) is 0 Å². The topological polar surface area (TPSA) is 93.8 Å². The standard InChI is InChI=1S/C15H10BrN3O2/c1-2-13(9-3-5-10(16)6-4-9)14(7-17)11(20)19-12(21)15(13,14)8-18/h3-6H,2H2,1H3,(H,19,20,21)/t13?,14-,15+. The fourth-order valence-corrected chi connectivity index (χ4v) is 4.27. The van der Waals surface area contributed by atoms with E-state index < -0.39 is 28.1 Å². The Balaban J connectivity index is 2.33. The Labute approximate surface area is 129 Å². The van der Waals surface area contributed by atoms with Gasteiger partial charge in [-0.1, -0.05) is 35.0 Å². The number of carbonyl (C=O) groups is 2. The first-order chi connectivity index (χ1) is 9.98. The van der Waals surface area contributed by atoms with Crippen molar-refractivity contribution in [3.8, 4) is 12.1 Å². The summed E-state index contributed by atoms with van der Waals surface area (Å²) in [5.41, 5.74) is -3.67. The number of halogens is 1. The predicted molar refractivity (Wildman–Crippen MR) is 75.4 cm³/mol. The lowest BCUT2D eigenvalue weighted by molar-refractivity contribution is -0.129. The zero-order valence-electron chi connectivity index (χ0n) is 11.1. The van der Waals surface area contributed by atoms with Crippen molar-refractivity contribution in [3.05, 3.63) is 34.3 Å². The summed E-state index contributed by atoms with van der Waals surface area (Å²) in [7, 11) is 0. The van der Waals surface area contributed by atoms with Gasteiger partial charge >= 0.3 is 0 Å². The Hall–Kier alpha value is -2.18. The first-order valence-electron chi connectivity index (χ1n) is 6.43. The van der Waals surface area contributed by atoms with E-state index in [1.54, 1.807) is 31.2 Å². The first kappa shape index (κ1) is 13.8. The molecule has 1 N–H and O–H groups in total. The number of benzene rings is 1. The molecule has 5 nitrogen and oxygen atoms in total. The number of imide groups is 1. The number of fused-ring (bicyclic) bond motifs is 1. The third kappa shape index (κ3) is 1.09. The zero-order chi connectivity index (χ0) is 15.5. The summed E-state index contributed by atoms with van der Waals surface area (Å²) in [6, 6.07) is 11.0. The number of carbonyl (C=O) groups excluding carboxylic acids is 2. The van der Waals surface area contributed by atoms with Gasteiger partial charge in [-0.25, -0.2) is 0 Å². The highest BCUT2D eigenvalue weighted by Gasteiger charge is 2.98. The van der Waals surface area contributed by atoms with Crippen LogP contribution in [-0.2, 0) is 15.0 Å². The zero-order valence-corrected chi connectivity index (χ0v) is 12.7. The molecule has 1 saturated carbocycles. The molecule has 1 unspecified atom stereocenters. The van der Waals surface area contributed by atoms with Crippen molar-refractivity contribution in [3.63, 3.8) is 0 Å². The van der Waals surface area contributed by atoms with Crippen molar-refractivity contribution >= 4 is 27.7 Å². The molecule has 2 amide bonds. The van der Waals surface area contributed by atoms with Crippen molar-refractivity contribution in [2.24, 2.45) is 10.8 Å². The smallest absolute Gasteiger partial charge is 0.250 e. The molecule has 3 atom stereocenters. The van der Waals surface area contributed by atoms with Crippen LogP contribution in [0.2, 0.25) is 0 Å². The van der Waals surface area contributed by atoms with Gasteiger partial charge in [-0.05, 0) is 24.1 Å². The minimum absolute atomic E-state index is 0.356. The van der Waals surface area contributed by atoms with Crippen LogP contribution in [0.15, 0.2) is 28.7 Å². The summed E-state index contributed by atoms with van der Waals surface area (Å²) in [4.78, 5) is 24.5. The van der Waals surface area contributed by atoms with Crippen LogP contribution in [0.1, 0.15) is 18.9 Å². The molecule has 1 aromatic rings. The molecule has 1 aromatic carbocycles. The molecule has 1 aliphatic heterocycles. The van der Waals surface area contributed by atoms with E-state index in [1.165, 1.54) is 0 Å². The number of hydrogen-bond donors (Lipinski definition) is 1. The Morgan fingerprint density at radius 1 is 1.10 bits per heavy atom. The maximum absolute atomic E-state index is 12.2. The molecule has 0 aromatic heterocycles. The number of nitrogens with zero attached hydrogens (tertiary/aromatic N) is 2. The molecule has 1 saturated heterocycles. The lowest BCUT2D eigenvalue weighted by atomic mass is 9.81. The summed E-state index contributed by atoms with van der Waals surface area (Å²) in [6.45, 7) is 1.79. The monoisotopic (exact) mass is 343 g/mol. The summed E-state index contributed by atoms with van der Waals surface area (Å²) >= 11 is 3.32. The molecule has 0 spiro atoms. The van der Waals surface area contributed by atoms with E-state index in [1.807, 2.05) is 12.1 Å². The number of piperidine rings is 1. The molecular formula is C15H10BrN3O2. The van der Waals surface area contributed by atoms with Gasteiger partial charge in [0, 0.05) is 4.47 Å². The average Bonchev–Trinajstić information content (AvgIpc) is 2.97. The van der Waals surface area contributed by atoms with Gasteiger partial charge < -0.3 is 0 Å². The second-order valence-corrected chi connectivity index (χ2v) is 6.19. The van der Waals surface area contributed by atoms with Crippen LogP contribution in [0.5, 0.6) is 0 Å². The quantitative estimate of drug-likeness (QED) is 0.828. The van der Waals surface area contributed by atoms with E-state index in [0.29, 0.717) is 12.0 Å². The van der Waals surface area contributed by atoms with Gasteiger partial charge in [0.15, 0.2) is 10.8 Å². The molecular weight excluding hydrogens is 334 g/mol. The van der Waals surface area contributed by atoms with Crippen LogP contribution in [0.25, 0.3) is 0 Å². The van der Waals surface area contributed by atoms with Crippen molar-refractivity contribution < 1.29 is 9.59 Å². The molecule has 1 heterocycles. The molecule has 0 radical (unpaired) electrons. The number of hydrogen-bond acceptors (Lipinski definition) is 4. The van der Waals surface area contributed by atoms with Crippen molar-refractivity contribution in [1.82, 2.24) is 5.32 Å². The van der Waals surface area contributed by atoms with Gasteiger partial charge in [-0.3, -0.25) is 14.9 Å². The van der Waals surface area contributed by atoms with E-state index in [-0.39, 0.29) is 0 Å². The molecule has 21 heavy (non-hydrogen) atoms. The van der Waals surface area contributed by atoms with Gasteiger partial charge in [-0.15, -0.1) is 0 Å². The molecule has 0 bridgehead atoms. The summed E-state index contributed by atoms with van der Waals surface area (Å²) in [5.74, 6) is -1.33. The van der Waals surface area contributed by atoms with Gasteiger partial charge in [0.2, 0.25) is 11.8 Å². The number of amides is 2. The van der Waals surface area contributed by atoms with Gasteiger partial charge in [-0.2, -0.15) is 10.5 Å². The highest BCUT2D eigenvalue weighted by molar-refractivity contribution is 9.10. The van der Waals surface area contributed by atoms with Crippen LogP contribution in [0.4, 0.5) is 0 Å². The van der Waals surface area contributed by atoms with Crippen LogP contribution >= 0.6 is 15.9 Å². The molecule has 6 heteroatoms. The fourth-order valence-electron chi connectivity index (χ4n) is 4.01. The second kappa shape index (κ2) is 3.93. The maximum Gasteiger partial charge on any atom is 0.250 e. The Morgan fingerprint density at radius 2 is 1.57 bits per heavy atom. The van der Waals surface area contributed by atoms with E-state index in [0.717, 1.165) is 4.47 Å². The number of nitriles is 2. The van der Waals surface area contributed by atoms with E-state index in [9.17, 15) is 20.1 Å². The molecule has 1 aliphatic carbocycles. The molecule has 2 fully saturated rings. The Bertz CT molecular complexity index is 721. The maximum atomic E-state index is 12.2. The van der Waals surface area contributed by atoms with Gasteiger partial charge in [0.05, 0.1) is 17.6 Å². The average molecular weight is 344 g/mol. The second-order valence-electron chi connectivity index (χ2n) is 5.27. The SMILES string of the molecule is CCC1(c2ccc(Br)cc2)[C@]2(C#N)C(=O)NC(=O)[C@]12C#N. The van der Waals surface area contributed by atoms with Crippen LogP contribution in [0, 0.1) is 33.5 Å². The van der Waals surface area contributed by atoms with Crippen LogP contribution in [0.3, 0.4) is 0 Å². The van der Waals surface area contributed by atoms with E-state index >= 15 is 0 Å². The van der Waals surface area contributed by atoms with E-state index in [4.69, 9.17) is 0 Å². The molecule has 3 rings (SSSR count). The Kier molecular flexibility index (Phi) is 2.58.